The maximum absolute atomic E-state index is 12.8. The third kappa shape index (κ3) is 4.59. The Bertz CT molecular complexity index is 915. The van der Waals surface area contributed by atoms with E-state index in [9.17, 15) is 9.59 Å². The highest BCUT2D eigenvalue weighted by Crippen LogP contribution is 2.29. The van der Waals surface area contributed by atoms with Gasteiger partial charge in [-0.25, -0.2) is 0 Å². The van der Waals surface area contributed by atoms with Crippen LogP contribution in [0.1, 0.15) is 28.8 Å². The highest BCUT2D eigenvalue weighted by molar-refractivity contribution is 5.96. The summed E-state index contributed by atoms with van der Waals surface area (Å²) in [5.74, 6) is 2.41. The lowest BCUT2D eigenvalue weighted by atomic mass is 10.1. The molecule has 3 rings (SSSR count). The van der Waals surface area contributed by atoms with Gasteiger partial charge in [-0.2, -0.15) is 0 Å². The van der Waals surface area contributed by atoms with Crippen LogP contribution in [0.25, 0.3) is 0 Å². The van der Waals surface area contributed by atoms with Gasteiger partial charge in [-0.3, -0.25) is 14.5 Å². The first kappa shape index (κ1) is 21.7. The van der Waals surface area contributed by atoms with Gasteiger partial charge in [0.1, 0.15) is 23.0 Å². The van der Waals surface area contributed by atoms with Gasteiger partial charge < -0.3 is 24.1 Å². The molecule has 1 N–H and O–H groups in total. The van der Waals surface area contributed by atoms with Gasteiger partial charge in [0.15, 0.2) is 0 Å². The van der Waals surface area contributed by atoms with E-state index in [-0.39, 0.29) is 17.9 Å². The van der Waals surface area contributed by atoms with E-state index >= 15 is 0 Å². The van der Waals surface area contributed by atoms with Gasteiger partial charge in [-0.15, -0.1) is 0 Å². The number of hydrogen-bond acceptors (Lipinski definition) is 6. The van der Waals surface area contributed by atoms with E-state index in [4.69, 9.17) is 13.9 Å². The van der Waals surface area contributed by atoms with Crippen LogP contribution in [0.15, 0.2) is 28.7 Å². The number of benzene rings is 1. The van der Waals surface area contributed by atoms with Crippen molar-refractivity contribution >= 4 is 17.5 Å². The third-order valence-electron chi connectivity index (χ3n) is 5.46. The van der Waals surface area contributed by atoms with E-state index in [2.05, 4.69) is 10.2 Å². The number of aryl methyl sites for hydroxylation is 2. The average molecular weight is 415 g/mol. The normalized spacial score (nSPS) is 15.6. The Hall–Kier alpha value is -3.00. The average Bonchev–Trinajstić information content (AvgIpc) is 3.10. The molecule has 2 heterocycles. The monoisotopic (exact) mass is 415 g/mol. The van der Waals surface area contributed by atoms with E-state index in [1.165, 1.54) is 0 Å². The second-order valence-corrected chi connectivity index (χ2v) is 7.39. The maximum atomic E-state index is 12.8. The molecular weight excluding hydrogens is 386 g/mol. The number of hydrogen-bond donors (Lipinski definition) is 1. The molecule has 30 heavy (non-hydrogen) atoms. The first-order valence-electron chi connectivity index (χ1n) is 9.97. The number of nitrogens with one attached hydrogen (secondary N) is 1. The molecule has 0 bridgehead atoms. The summed E-state index contributed by atoms with van der Waals surface area (Å²) in [7, 11) is 3.13. The number of nitrogens with zero attached hydrogens (tertiary/aromatic N) is 2. The Kier molecular flexibility index (Phi) is 6.66. The van der Waals surface area contributed by atoms with E-state index in [0.29, 0.717) is 54.7 Å². The zero-order chi connectivity index (χ0) is 21.8. The third-order valence-corrected chi connectivity index (χ3v) is 5.46. The molecular formula is C22H29N3O5. The second kappa shape index (κ2) is 9.21. The number of amides is 2. The number of ether oxygens (including phenoxy) is 2. The highest BCUT2D eigenvalue weighted by atomic mass is 16.5. The van der Waals surface area contributed by atoms with Gasteiger partial charge in [-0.05, 0) is 39.0 Å². The Balaban J connectivity index is 1.60. The van der Waals surface area contributed by atoms with E-state index < -0.39 is 0 Å². The lowest BCUT2D eigenvalue weighted by Gasteiger charge is -2.37. The molecule has 1 aliphatic rings. The molecule has 1 aromatic heterocycles. The molecule has 8 heteroatoms. The number of carbonyl (C=O) groups is 2. The summed E-state index contributed by atoms with van der Waals surface area (Å²) >= 11 is 0. The molecule has 8 nitrogen and oxygen atoms in total. The fourth-order valence-corrected chi connectivity index (χ4v) is 3.64. The predicted molar refractivity (Wildman–Crippen MR) is 113 cm³/mol. The maximum Gasteiger partial charge on any atom is 0.257 e. The van der Waals surface area contributed by atoms with Crippen molar-refractivity contribution in [3.63, 3.8) is 0 Å². The number of carbonyl (C=O) groups excluding carboxylic acids is 2. The molecule has 0 aliphatic carbocycles. The van der Waals surface area contributed by atoms with Crippen molar-refractivity contribution in [1.82, 2.24) is 9.80 Å². The first-order chi connectivity index (χ1) is 14.3. The van der Waals surface area contributed by atoms with Crippen LogP contribution >= 0.6 is 0 Å². The Morgan fingerprint density at radius 3 is 2.33 bits per heavy atom. The van der Waals surface area contributed by atoms with E-state index in [1.54, 1.807) is 45.4 Å². The number of anilines is 1. The van der Waals surface area contributed by atoms with Crippen LogP contribution in [0.4, 0.5) is 5.69 Å². The topological polar surface area (TPSA) is 84.3 Å². The quantitative estimate of drug-likeness (QED) is 0.781. The van der Waals surface area contributed by atoms with Gasteiger partial charge >= 0.3 is 0 Å². The number of methoxy groups -OCH3 is 2. The van der Waals surface area contributed by atoms with Gasteiger partial charge in [0, 0.05) is 32.2 Å². The lowest BCUT2D eigenvalue weighted by Crippen LogP contribution is -2.54. The predicted octanol–water partition coefficient (Wildman–Crippen LogP) is 2.70. The minimum absolute atomic E-state index is 0.0257. The molecule has 2 aromatic rings. The molecule has 1 aromatic carbocycles. The van der Waals surface area contributed by atoms with Crippen molar-refractivity contribution in [2.45, 2.75) is 26.8 Å². The summed E-state index contributed by atoms with van der Waals surface area (Å²) in [5.41, 5.74) is 1.17. The molecule has 1 unspecified atom stereocenters. The molecule has 162 valence electrons. The first-order valence-corrected chi connectivity index (χ1v) is 9.97. The Labute approximate surface area is 176 Å². The summed E-state index contributed by atoms with van der Waals surface area (Å²) in [6.45, 7) is 7.85. The van der Waals surface area contributed by atoms with Crippen molar-refractivity contribution in [2.24, 2.45) is 0 Å². The summed E-state index contributed by atoms with van der Waals surface area (Å²) < 4.78 is 16.0. The molecule has 2 amide bonds. The zero-order valence-corrected chi connectivity index (χ0v) is 18.2. The van der Waals surface area contributed by atoms with Gasteiger partial charge in [0.05, 0.1) is 31.5 Å². The summed E-state index contributed by atoms with van der Waals surface area (Å²) in [6, 6.07) is 6.69. The van der Waals surface area contributed by atoms with Crippen LogP contribution in [-0.4, -0.2) is 68.1 Å². The summed E-state index contributed by atoms with van der Waals surface area (Å²) in [4.78, 5) is 29.5. The standard InChI is InChI=1S/C22H29N3O5/c1-14-12-18(16(3)30-14)22(27)25-10-8-24(9-11-25)15(2)21(26)23-19-13-17(28-4)6-7-20(19)29-5/h6-7,12-13,15H,8-11H2,1-5H3,(H,23,26). The largest absolute Gasteiger partial charge is 0.497 e. The molecule has 1 atom stereocenters. The SMILES string of the molecule is COc1ccc(OC)c(NC(=O)C(C)N2CCN(C(=O)c3cc(C)oc3C)CC2)c1. The van der Waals surface area contributed by atoms with Crippen molar-refractivity contribution in [3.05, 3.63) is 41.3 Å². The van der Waals surface area contributed by atoms with Crippen LogP contribution in [0, 0.1) is 13.8 Å². The number of furan rings is 1. The molecule has 1 fully saturated rings. The zero-order valence-electron chi connectivity index (χ0n) is 18.2. The van der Waals surface area contributed by atoms with E-state index in [0.717, 1.165) is 5.76 Å². The van der Waals surface area contributed by atoms with Gasteiger partial charge in [0.2, 0.25) is 5.91 Å². The smallest absolute Gasteiger partial charge is 0.257 e. The molecule has 1 saturated heterocycles. The number of piperazine rings is 1. The Morgan fingerprint density at radius 1 is 1.07 bits per heavy atom. The highest BCUT2D eigenvalue weighted by Gasteiger charge is 2.29. The van der Waals surface area contributed by atoms with Crippen LogP contribution in [0.3, 0.4) is 0 Å². The van der Waals surface area contributed by atoms with Gasteiger partial charge in [-0.1, -0.05) is 0 Å². The Morgan fingerprint density at radius 2 is 1.77 bits per heavy atom. The fourth-order valence-electron chi connectivity index (χ4n) is 3.64. The second-order valence-electron chi connectivity index (χ2n) is 7.39. The summed E-state index contributed by atoms with van der Waals surface area (Å²) in [6.07, 6.45) is 0. The fraction of sp³-hybridized carbons (Fsp3) is 0.455. The molecule has 0 spiro atoms. The van der Waals surface area contributed by atoms with Crippen molar-refractivity contribution < 1.29 is 23.5 Å². The number of rotatable bonds is 6. The molecule has 0 radical (unpaired) electrons. The molecule has 0 saturated carbocycles. The summed E-state index contributed by atoms with van der Waals surface area (Å²) in [5, 5.41) is 2.92. The lowest BCUT2D eigenvalue weighted by molar-refractivity contribution is -0.121. The van der Waals surface area contributed by atoms with Gasteiger partial charge in [0.25, 0.3) is 5.91 Å². The van der Waals surface area contributed by atoms with Crippen LogP contribution in [0.5, 0.6) is 11.5 Å². The minimum Gasteiger partial charge on any atom is -0.497 e. The van der Waals surface area contributed by atoms with Crippen molar-refractivity contribution in [2.75, 3.05) is 45.7 Å². The molecule has 1 aliphatic heterocycles. The van der Waals surface area contributed by atoms with Crippen LogP contribution in [0.2, 0.25) is 0 Å². The van der Waals surface area contributed by atoms with E-state index in [1.807, 2.05) is 18.7 Å². The minimum atomic E-state index is -0.351. The van der Waals surface area contributed by atoms with Crippen LogP contribution in [-0.2, 0) is 4.79 Å². The van der Waals surface area contributed by atoms with Crippen molar-refractivity contribution in [3.8, 4) is 11.5 Å². The van der Waals surface area contributed by atoms with Crippen molar-refractivity contribution in [1.29, 1.82) is 0 Å². The van der Waals surface area contributed by atoms with Crippen LogP contribution < -0.4 is 14.8 Å².